The standard InChI is InChI=1S/C7H12O4/c1-2-10-7(9)5-3-4-6(8)11-5/h5-6,8H,2-4H2,1H3/t5-,6+/m0/s1. The maximum atomic E-state index is 10.9. The Kier molecular flexibility index (Phi) is 2.84. The Bertz CT molecular complexity index is 145. The lowest BCUT2D eigenvalue weighted by atomic mass is 10.2. The van der Waals surface area contributed by atoms with Gasteiger partial charge in [-0.2, -0.15) is 0 Å². The summed E-state index contributed by atoms with van der Waals surface area (Å²) in [6.07, 6.45) is -0.266. The van der Waals surface area contributed by atoms with Crippen molar-refractivity contribution in [1.82, 2.24) is 0 Å². The van der Waals surface area contributed by atoms with Crippen molar-refractivity contribution in [2.45, 2.75) is 32.2 Å². The van der Waals surface area contributed by atoms with Crippen molar-refractivity contribution in [1.29, 1.82) is 0 Å². The van der Waals surface area contributed by atoms with Gasteiger partial charge in [-0.3, -0.25) is 0 Å². The van der Waals surface area contributed by atoms with E-state index < -0.39 is 12.4 Å². The van der Waals surface area contributed by atoms with Gasteiger partial charge in [-0.15, -0.1) is 0 Å². The lowest BCUT2D eigenvalue weighted by Crippen LogP contribution is -2.23. The van der Waals surface area contributed by atoms with Gasteiger partial charge in [-0.1, -0.05) is 0 Å². The van der Waals surface area contributed by atoms with E-state index in [4.69, 9.17) is 14.6 Å². The van der Waals surface area contributed by atoms with Gasteiger partial charge in [0.05, 0.1) is 6.61 Å². The third-order valence-corrected chi connectivity index (χ3v) is 1.55. The number of hydrogen-bond donors (Lipinski definition) is 1. The average Bonchev–Trinajstić information content (AvgIpc) is 2.36. The van der Waals surface area contributed by atoms with Crippen LogP contribution in [0, 0.1) is 0 Å². The minimum absolute atomic E-state index is 0.356. The number of hydrogen-bond acceptors (Lipinski definition) is 4. The summed E-state index contributed by atoms with van der Waals surface area (Å²) in [7, 11) is 0. The molecule has 0 saturated carbocycles. The van der Waals surface area contributed by atoms with Gasteiger partial charge in [0.1, 0.15) is 0 Å². The molecule has 1 aliphatic heterocycles. The molecule has 4 heteroatoms. The SMILES string of the molecule is CCOC(=O)[C@@H]1CC[C@H](O)O1. The fourth-order valence-electron chi connectivity index (χ4n) is 1.03. The van der Waals surface area contributed by atoms with Crippen LogP contribution in [-0.4, -0.2) is 30.1 Å². The third-order valence-electron chi connectivity index (χ3n) is 1.55. The molecular formula is C7H12O4. The Labute approximate surface area is 65.1 Å². The first-order chi connectivity index (χ1) is 5.24. The van der Waals surface area contributed by atoms with E-state index in [-0.39, 0.29) is 5.97 Å². The summed E-state index contributed by atoms with van der Waals surface area (Å²) < 4.78 is 9.56. The van der Waals surface area contributed by atoms with Crippen molar-refractivity contribution in [3.8, 4) is 0 Å². The van der Waals surface area contributed by atoms with Gasteiger partial charge in [0.2, 0.25) is 0 Å². The number of aliphatic hydroxyl groups is 1. The summed E-state index contributed by atoms with van der Waals surface area (Å²) in [6.45, 7) is 2.10. The summed E-state index contributed by atoms with van der Waals surface area (Å²) in [5.41, 5.74) is 0. The van der Waals surface area contributed by atoms with Crippen molar-refractivity contribution < 1.29 is 19.4 Å². The zero-order chi connectivity index (χ0) is 8.27. The normalized spacial score (nSPS) is 30.4. The molecule has 0 aromatic heterocycles. The molecule has 0 aromatic carbocycles. The molecule has 0 unspecified atom stereocenters. The van der Waals surface area contributed by atoms with Crippen molar-refractivity contribution >= 4 is 5.97 Å². The molecule has 2 atom stereocenters. The van der Waals surface area contributed by atoms with Crippen LogP contribution in [0.4, 0.5) is 0 Å². The van der Waals surface area contributed by atoms with Crippen LogP contribution in [0.3, 0.4) is 0 Å². The number of aliphatic hydroxyl groups excluding tert-OH is 1. The predicted octanol–water partition coefficient (Wildman–Crippen LogP) is 0.0469. The summed E-state index contributed by atoms with van der Waals surface area (Å²) in [5, 5.41) is 8.89. The minimum Gasteiger partial charge on any atom is -0.464 e. The molecule has 0 aliphatic carbocycles. The Hall–Kier alpha value is -0.610. The predicted molar refractivity (Wildman–Crippen MR) is 36.7 cm³/mol. The van der Waals surface area contributed by atoms with E-state index in [1.807, 2.05) is 0 Å². The maximum Gasteiger partial charge on any atom is 0.335 e. The van der Waals surface area contributed by atoms with E-state index in [9.17, 15) is 4.79 Å². The summed E-state index contributed by atoms with van der Waals surface area (Å²) in [5.74, 6) is -0.371. The molecule has 1 fully saturated rings. The molecule has 0 radical (unpaired) electrons. The van der Waals surface area contributed by atoms with Gasteiger partial charge in [0.25, 0.3) is 0 Å². The lowest BCUT2D eigenvalue weighted by Gasteiger charge is -2.08. The zero-order valence-electron chi connectivity index (χ0n) is 6.45. The largest absolute Gasteiger partial charge is 0.464 e. The fourth-order valence-corrected chi connectivity index (χ4v) is 1.03. The summed E-state index contributed by atoms with van der Waals surface area (Å²) >= 11 is 0. The van der Waals surface area contributed by atoms with Crippen molar-refractivity contribution in [2.75, 3.05) is 6.61 Å². The Morgan fingerprint density at radius 2 is 2.45 bits per heavy atom. The molecule has 4 nitrogen and oxygen atoms in total. The molecule has 1 aliphatic rings. The van der Waals surface area contributed by atoms with Crippen LogP contribution in [0.5, 0.6) is 0 Å². The number of esters is 1. The number of carbonyl (C=O) groups is 1. The molecule has 1 heterocycles. The zero-order valence-corrected chi connectivity index (χ0v) is 6.45. The van der Waals surface area contributed by atoms with Crippen LogP contribution in [0.1, 0.15) is 19.8 Å². The first kappa shape index (κ1) is 8.49. The number of carbonyl (C=O) groups excluding carboxylic acids is 1. The Morgan fingerprint density at radius 1 is 1.73 bits per heavy atom. The van der Waals surface area contributed by atoms with Crippen LogP contribution in [0.25, 0.3) is 0 Å². The summed E-state index contributed by atoms with van der Waals surface area (Å²) in [6, 6.07) is 0. The molecule has 0 aromatic rings. The van der Waals surface area contributed by atoms with Crippen LogP contribution in [0.2, 0.25) is 0 Å². The Balaban J connectivity index is 2.31. The molecule has 1 rings (SSSR count). The fraction of sp³-hybridized carbons (Fsp3) is 0.857. The monoisotopic (exact) mass is 160 g/mol. The van der Waals surface area contributed by atoms with Gasteiger partial charge in [-0.05, 0) is 13.3 Å². The molecule has 1 N–H and O–H groups in total. The molecule has 1 saturated heterocycles. The van der Waals surface area contributed by atoms with Gasteiger partial charge >= 0.3 is 5.97 Å². The second-order valence-corrected chi connectivity index (χ2v) is 2.41. The van der Waals surface area contributed by atoms with Gasteiger partial charge in [-0.25, -0.2) is 4.79 Å². The average molecular weight is 160 g/mol. The van der Waals surface area contributed by atoms with E-state index in [1.54, 1.807) is 6.92 Å². The third kappa shape index (κ3) is 2.17. The van der Waals surface area contributed by atoms with E-state index in [2.05, 4.69) is 0 Å². The smallest absolute Gasteiger partial charge is 0.335 e. The molecule has 11 heavy (non-hydrogen) atoms. The quantitative estimate of drug-likeness (QED) is 0.580. The highest BCUT2D eigenvalue weighted by molar-refractivity contribution is 5.74. The van der Waals surface area contributed by atoms with E-state index >= 15 is 0 Å². The summed E-state index contributed by atoms with van der Waals surface area (Å²) in [4.78, 5) is 10.9. The lowest BCUT2D eigenvalue weighted by molar-refractivity contribution is -0.164. The topological polar surface area (TPSA) is 55.8 Å². The second kappa shape index (κ2) is 3.69. The van der Waals surface area contributed by atoms with E-state index in [0.29, 0.717) is 19.4 Å². The molecular weight excluding hydrogens is 148 g/mol. The van der Waals surface area contributed by atoms with Crippen molar-refractivity contribution in [2.24, 2.45) is 0 Å². The minimum atomic E-state index is -0.788. The van der Waals surface area contributed by atoms with Crippen molar-refractivity contribution in [3.63, 3.8) is 0 Å². The maximum absolute atomic E-state index is 10.9. The van der Waals surface area contributed by atoms with Crippen LogP contribution >= 0.6 is 0 Å². The van der Waals surface area contributed by atoms with Crippen LogP contribution < -0.4 is 0 Å². The molecule has 0 bridgehead atoms. The highest BCUT2D eigenvalue weighted by Gasteiger charge is 2.30. The van der Waals surface area contributed by atoms with E-state index in [1.165, 1.54) is 0 Å². The highest BCUT2D eigenvalue weighted by Crippen LogP contribution is 2.18. The van der Waals surface area contributed by atoms with E-state index in [0.717, 1.165) is 0 Å². The van der Waals surface area contributed by atoms with Crippen molar-refractivity contribution in [3.05, 3.63) is 0 Å². The first-order valence-electron chi connectivity index (χ1n) is 3.74. The molecule has 0 spiro atoms. The second-order valence-electron chi connectivity index (χ2n) is 2.41. The van der Waals surface area contributed by atoms with Crippen LogP contribution in [0.15, 0.2) is 0 Å². The van der Waals surface area contributed by atoms with Gasteiger partial charge in [0, 0.05) is 6.42 Å². The number of ether oxygens (including phenoxy) is 2. The first-order valence-corrected chi connectivity index (χ1v) is 3.74. The molecule has 64 valence electrons. The Morgan fingerprint density at radius 3 is 2.91 bits per heavy atom. The van der Waals surface area contributed by atoms with Gasteiger partial charge in [0.15, 0.2) is 12.4 Å². The highest BCUT2D eigenvalue weighted by atomic mass is 16.6. The molecule has 0 amide bonds. The van der Waals surface area contributed by atoms with Gasteiger partial charge < -0.3 is 14.6 Å². The number of rotatable bonds is 2. The van der Waals surface area contributed by atoms with Crippen LogP contribution in [-0.2, 0) is 14.3 Å².